The summed E-state index contributed by atoms with van der Waals surface area (Å²) in [5.41, 5.74) is 0.295. The topological polar surface area (TPSA) is 107 Å². The van der Waals surface area contributed by atoms with Gasteiger partial charge in [-0.2, -0.15) is 0 Å². The number of aromatic carboxylic acids is 1. The summed E-state index contributed by atoms with van der Waals surface area (Å²) in [5, 5.41) is 13.7. The molecule has 0 aliphatic carbocycles. The first kappa shape index (κ1) is 23.0. The number of thiazole rings is 1. The van der Waals surface area contributed by atoms with Crippen LogP contribution in [-0.2, 0) is 20.7 Å². The second kappa shape index (κ2) is 9.21. The third-order valence-corrected chi connectivity index (χ3v) is 6.05. The Morgan fingerprint density at radius 3 is 2.42 bits per heavy atom. The van der Waals surface area contributed by atoms with E-state index < -0.39 is 30.4 Å². The predicted molar refractivity (Wildman–Crippen MR) is 118 cm³/mol. The molecule has 0 unspecified atom stereocenters. The number of carboxylic acid groups (broad SMARTS) is 1. The Morgan fingerprint density at radius 1 is 1.19 bits per heavy atom. The fourth-order valence-corrected chi connectivity index (χ4v) is 3.51. The number of benzene rings is 1. The van der Waals surface area contributed by atoms with Crippen molar-refractivity contribution in [2.45, 2.75) is 45.5 Å². The molecule has 2 heterocycles. The lowest BCUT2D eigenvalue weighted by molar-refractivity contribution is 0.00578. The number of rotatable bonds is 7. The molecule has 0 saturated carbocycles. The number of amides is 1. The highest BCUT2D eigenvalue weighted by atomic mass is 32.1. The second-order valence-corrected chi connectivity index (χ2v) is 8.99. The van der Waals surface area contributed by atoms with Gasteiger partial charge in [0.25, 0.3) is 0 Å². The van der Waals surface area contributed by atoms with Crippen LogP contribution in [0.1, 0.15) is 48.8 Å². The van der Waals surface area contributed by atoms with Crippen LogP contribution in [0.5, 0.6) is 0 Å². The maximum Gasteiger partial charge on any atom is 0.492 e. The number of hydrogen-bond acceptors (Lipinski definition) is 7. The second-order valence-electron chi connectivity index (χ2n) is 8.10. The molecule has 1 aromatic carbocycles. The van der Waals surface area contributed by atoms with Crippen LogP contribution in [0.25, 0.3) is 6.08 Å². The van der Waals surface area contributed by atoms with Crippen LogP contribution in [0.3, 0.4) is 0 Å². The molecule has 0 bridgehead atoms. The van der Waals surface area contributed by atoms with Gasteiger partial charge >= 0.3 is 19.2 Å². The van der Waals surface area contributed by atoms with Gasteiger partial charge < -0.3 is 24.5 Å². The lowest BCUT2D eigenvalue weighted by atomic mass is 9.77. The maximum atomic E-state index is 12.2. The zero-order chi connectivity index (χ0) is 22.6. The minimum Gasteiger partial charge on any atom is -0.476 e. The lowest BCUT2D eigenvalue weighted by Crippen LogP contribution is -2.41. The molecule has 0 spiro atoms. The van der Waals surface area contributed by atoms with Gasteiger partial charge in [-0.1, -0.05) is 30.3 Å². The van der Waals surface area contributed by atoms with Crippen molar-refractivity contribution in [3.05, 3.63) is 57.4 Å². The number of carbonyl (C=O) groups excluding carboxylic acids is 1. The quantitative estimate of drug-likeness (QED) is 0.626. The molecule has 1 aromatic heterocycles. The normalized spacial score (nSPS) is 17.4. The molecule has 3 rings (SSSR count). The standard InChI is InChI=1S/C21H25BN2O6S/c1-20(2)21(3,4)30-22(29-20)15(10-17-24-16(13-31-17)18(25)26)11-23-19(27)28-12-14-8-6-5-7-9-14/h5-10,13H,11-12H2,1-4H3,(H,23,27)(H,25,26). The summed E-state index contributed by atoms with van der Waals surface area (Å²) < 4.78 is 17.4. The Bertz CT molecular complexity index is 957. The Morgan fingerprint density at radius 2 is 1.84 bits per heavy atom. The van der Waals surface area contributed by atoms with E-state index in [0.717, 1.165) is 5.56 Å². The van der Waals surface area contributed by atoms with Gasteiger partial charge in [-0.3, -0.25) is 0 Å². The Hall–Kier alpha value is -2.69. The van der Waals surface area contributed by atoms with Crippen LogP contribution in [0.4, 0.5) is 4.79 Å². The van der Waals surface area contributed by atoms with E-state index in [0.29, 0.717) is 10.5 Å². The molecule has 1 amide bonds. The number of carboxylic acids is 1. The molecule has 2 aromatic rings. The van der Waals surface area contributed by atoms with E-state index in [1.54, 1.807) is 6.08 Å². The smallest absolute Gasteiger partial charge is 0.476 e. The summed E-state index contributed by atoms with van der Waals surface area (Å²) >= 11 is 1.18. The third-order valence-electron chi connectivity index (χ3n) is 5.26. The molecule has 1 aliphatic rings. The maximum absolute atomic E-state index is 12.2. The molecule has 2 N–H and O–H groups in total. The fourth-order valence-electron chi connectivity index (χ4n) is 2.76. The highest BCUT2D eigenvalue weighted by Gasteiger charge is 2.52. The van der Waals surface area contributed by atoms with E-state index in [9.17, 15) is 9.59 Å². The number of nitrogens with zero attached hydrogens (tertiary/aromatic N) is 1. The first-order valence-corrected chi connectivity index (χ1v) is 10.6. The van der Waals surface area contributed by atoms with Crippen molar-refractivity contribution < 1.29 is 28.7 Å². The highest BCUT2D eigenvalue weighted by Crippen LogP contribution is 2.38. The van der Waals surface area contributed by atoms with E-state index >= 15 is 0 Å². The minimum atomic E-state index is -1.10. The van der Waals surface area contributed by atoms with Gasteiger partial charge in [-0.25, -0.2) is 14.6 Å². The zero-order valence-corrected chi connectivity index (χ0v) is 18.7. The highest BCUT2D eigenvalue weighted by molar-refractivity contribution is 7.10. The molecule has 1 aliphatic heterocycles. The average Bonchev–Trinajstić information content (AvgIpc) is 3.26. The minimum absolute atomic E-state index is 0.0419. The van der Waals surface area contributed by atoms with Crippen LogP contribution >= 0.6 is 11.3 Å². The molecule has 31 heavy (non-hydrogen) atoms. The van der Waals surface area contributed by atoms with Gasteiger partial charge in [0.1, 0.15) is 11.6 Å². The monoisotopic (exact) mass is 444 g/mol. The summed E-state index contributed by atoms with van der Waals surface area (Å²) in [6, 6.07) is 9.36. The van der Waals surface area contributed by atoms with Crippen LogP contribution in [0, 0.1) is 0 Å². The van der Waals surface area contributed by atoms with Gasteiger partial charge in [0.2, 0.25) is 0 Å². The first-order valence-electron chi connectivity index (χ1n) is 9.77. The predicted octanol–water partition coefficient (Wildman–Crippen LogP) is 3.78. The summed E-state index contributed by atoms with van der Waals surface area (Å²) in [7, 11) is -0.725. The summed E-state index contributed by atoms with van der Waals surface area (Å²) in [5.74, 6) is -1.10. The van der Waals surface area contributed by atoms with Crippen molar-refractivity contribution in [2.75, 3.05) is 6.54 Å². The Kier molecular flexibility index (Phi) is 6.83. The van der Waals surface area contributed by atoms with Crippen molar-refractivity contribution in [2.24, 2.45) is 0 Å². The molecule has 1 saturated heterocycles. The molecule has 10 heteroatoms. The lowest BCUT2D eigenvalue weighted by Gasteiger charge is -2.32. The van der Waals surface area contributed by atoms with Gasteiger partial charge in [0, 0.05) is 11.9 Å². The summed E-state index contributed by atoms with van der Waals surface area (Å²) in [4.78, 5) is 27.4. The van der Waals surface area contributed by atoms with E-state index in [-0.39, 0.29) is 18.8 Å². The van der Waals surface area contributed by atoms with Gasteiger partial charge in [0.05, 0.1) is 11.2 Å². The number of nitrogens with one attached hydrogen (secondary N) is 1. The molecule has 164 valence electrons. The van der Waals surface area contributed by atoms with Crippen molar-refractivity contribution in [1.29, 1.82) is 0 Å². The van der Waals surface area contributed by atoms with E-state index in [4.69, 9.17) is 19.2 Å². The van der Waals surface area contributed by atoms with Crippen molar-refractivity contribution in [3.8, 4) is 0 Å². The number of alkyl carbamates (subject to hydrolysis) is 1. The summed E-state index contributed by atoms with van der Waals surface area (Å²) in [6.45, 7) is 7.95. The molecule has 0 atom stereocenters. The van der Waals surface area contributed by atoms with Crippen molar-refractivity contribution in [1.82, 2.24) is 10.3 Å². The first-order chi connectivity index (χ1) is 14.6. The van der Waals surface area contributed by atoms with Crippen molar-refractivity contribution in [3.63, 3.8) is 0 Å². The molecular weight excluding hydrogens is 419 g/mol. The largest absolute Gasteiger partial charge is 0.492 e. The third kappa shape index (κ3) is 5.72. The van der Waals surface area contributed by atoms with Gasteiger partial charge in [-0.05, 0) is 44.8 Å². The van der Waals surface area contributed by atoms with E-state index in [1.165, 1.54) is 16.7 Å². The molecule has 1 fully saturated rings. The molecular formula is C21H25BN2O6S. The Balaban J connectivity index is 1.72. The summed E-state index contributed by atoms with van der Waals surface area (Å²) in [6.07, 6.45) is 1.09. The molecule has 8 nitrogen and oxygen atoms in total. The zero-order valence-electron chi connectivity index (χ0n) is 17.9. The van der Waals surface area contributed by atoms with Gasteiger partial charge in [0.15, 0.2) is 5.69 Å². The number of carbonyl (C=O) groups is 2. The fraction of sp³-hybridized carbons (Fsp3) is 0.381. The SMILES string of the molecule is CC1(C)OB(C(=Cc2nc(C(=O)O)cs2)CNC(=O)OCc2ccccc2)OC1(C)C. The number of hydrogen-bond donors (Lipinski definition) is 2. The van der Waals surface area contributed by atoms with Crippen LogP contribution in [-0.4, -0.2) is 47.0 Å². The van der Waals surface area contributed by atoms with Crippen LogP contribution < -0.4 is 5.32 Å². The van der Waals surface area contributed by atoms with Crippen LogP contribution in [0.2, 0.25) is 0 Å². The molecule has 0 radical (unpaired) electrons. The van der Waals surface area contributed by atoms with Gasteiger partial charge in [-0.15, -0.1) is 11.3 Å². The van der Waals surface area contributed by atoms with E-state index in [2.05, 4.69) is 10.3 Å². The number of ether oxygens (including phenoxy) is 1. The van der Waals surface area contributed by atoms with Crippen molar-refractivity contribution >= 4 is 36.6 Å². The number of aromatic nitrogens is 1. The average molecular weight is 444 g/mol. The van der Waals surface area contributed by atoms with E-state index in [1.807, 2.05) is 58.0 Å². The Labute approximate surface area is 185 Å². The van der Waals surface area contributed by atoms with Crippen LogP contribution in [0.15, 0.2) is 41.2 Å².